The van der Waals surface area contributed by atoms with E-state index in [0.717, 1.165) is 11.1 Å². The van der Waals surface area contributed by atoms with Gasteiger partial charge >= 0.3 is 18.3 Å². The molecule has 1 unspecified atom stereocenters. The largest absolute Gasteiger partial charge is 0.445 e. The Morgan fingerprint density at radius 2 is 1.18 bits per heavy atom. The fourth-order valence-electron chi connectivity index (χ4n) is 2.61. The van der Waals surface area contributed by atoms with Crippen molar-refractivity contribution in [2.45, 2.75) is 45.6 Å². The van der Waals surface area contributed by atoms with Gasteiger partial charge in [0.1, 0.15) is 18.8 Å². The second-order valence-corrected chi connectivity index (χ2v) is 8.23. The predicted octanol–water partition coefficient (Wildman–Crippen LogP) is 3.73. The van der Waals surface area contributed by atoms with Gasteiger partial charge in [0, 0.05) is 13.1 Å². The summed E-state index contributed by atoms with van der Waals surface area (Å²) >= 11 is 0. The normalized spacial score (nSPS) is 11.6. The van der Waals surface area contributed by atoms with Gasteiger partial charge in [-0.1, -0.05) is 60.7 Å². The number of amides is 3. The van der Waals surface area contributed by atoms with E-state index >= 15 is 0 Å². The summed E-state index contributed by atoms with van der Waals surface area (Å²) in [6.07, 6.45) is -1.98. The van der Waals surface area contributed by atoms with Crippen LogP contribution in [0.15, 0.2) is 60.7 Å². The smallest absolute Gasteiger partial charge is 0.407 e. The number of nitrogens with one attached hydrogen (secondary N) is 3. The zero-order chi connectivity index (χ0) is 24.1. The van der Waals surface area contributed by atoms with Gasteiger partial charge in [-0.2, -0.15) is 0 Å². The van der Waals surface area contributed by atoms with Crippen LogP contribution in [-0.2, 0) is 27.4 Å². The molecule has 0 aromatic heterocycles. The van der Waals surface area contributed by atoms with Crippen LogP contribution in [0.25, 0.3) is 0 Å². The highest BCUT2D eigenvalue weighted by molar-refractivity contribution is 5.70. The minimum atomic E-state index is -0.686. The first-order chi connectivity index (χ1) is 15.7. The molecule has 0 aliphatic heterocycles. The van der Waals surface area contributed by atoms with Crippen LogP contribution < -0.4 is 16.0 Å². The lowest BCUT2D eigenvalue weighted by molar-refractivity contribution is 0.0520. The van der Waals surface area contributed by atoms with Crippen molar-refractivity contribution in [3.8, 4) is 0 Å². The highest BCUT2D eigenvalue weighted by atomic mass is 16.6. The van der Waals surface area contributed by atoms with Crippen molar-refractivity contribution < 1.29 is 28.6 Å². The van der Waals surface area contributed by atoms with Gasteiger partial charge in [0.05, 0.1) is 6.04 Å². The fourth-order valence-corrected chi connectivity index (χ4v) is 2.61. The Hall–Kier alpha value is -3.75. The Kier molecular flexibility index (Phi) is 10.0. The number of hydrogen-bond acceptors (Lipinski definition) is 6. The molecule has 2 aromatic carbocycles. The predicted molar refractivity (Wildman–Crippen MR) is 122 cm³/mol. The second-order valence-electron chi connectivity index (χ2n) is 8.23. The topological polar surface area (TPSA) is 115 Å². The van der Waals surface area contributed by atoms with Crippen molar-refractivity contribution in [1.29, 1.82) is 0 Å². The van der Waals surface area contributed by atoms with Crippen LogP contribution in [0.3, 0.4) is 0 Å². The fraction of sp³-hybridized carbons (Fsp3) is 0.375. The molecule has 33 heavy (non-hydrogen) atoms. The van der Waals surface area contributed by atoms with Crippen LogP contribution in [0.1, 0.15) is 31.9 Å². The van der Waals surface area contributed by atoms with E-state index in [0.29, 0.717) is 0 Å². The highest BCUT2D eigenvalue weighted by Crippen LogP contribution is 2.06. The maximum atomic E-state index is 12.2. The summed E-state index contributed by atoms with van der Waals surface area (Å²) in [4.78, 5) is 36.3. The van der Waals surface area contributed by atoms with E-state index in [1.54, 1.807) is 20.8 Å². The van der Waals surface area contributed by atoms with Gasteiger partial charge in [0.25, 0.3) is 0 Å². The zero-order valence-corrected chi connectivity index (χ0v) is 19.1. The first-order valence-corrected chi connectivity index (χ1v) is 10.6. The molecule has 0 fully saturated rings. The molecule has 0 saturated carbocycles. The molecule has 0 aliphatic rings. The summed E-state index contributed by atoms with van der Waals surface area (Å²) in [7, 11) is 0. The molecule has 9 nitrogen and oxygen atoms in total. The maximum Gasteiger partial charge on any atom is 0.407 e. The second kappa shape index (κ2) is 12.9. The third-order valence-electron chi connectivity index (χ3n) is 4.13. The van der Waals surface area contributed by atoms with Crippen LogP contribution in [0.5, 0.6) is 0 Å². The van der Waals surface area contributed by atoms with Crippen molar-refractivity contribution in [1.82, 2.24) is 16.0 Å². The Morgan fingerprint density at radius 3 is 1.67 bits per heavy atom. The summed E-state index contributed by atoms with van der Waals surface area (Å²) in [5, 5.41) is 7.79. The van der Waals surface area contributed by atoms with E-state index in [2.05, 4.69) is 16.0 Å². The third kappa shape index (κ3) is 11.4. The lowest BCUT2D eigenvalue weighted by atomic mass is 10.2. The van der Waals surface area contributed by atoms with Crippen LogP contribution in [0, 0.1) is 0 Å². The number of carbonyl (C=O) groups excluding carboxylic acids is 3. The lowest BCUT2D eigenvalue weighted by Gasteiger charge is -2.22. The van der Waals surface area contributed by atoms with Gasteiger partial charge in [-0.15, -0.1) is 0 Å². The quantitative estimate of drug-likeness (QED) is 0.494. The van der Waals surface area contributed by atoms with E-state index in [1.165, 1.54) is 0 Å². The van der Waals surface area contributed by atoms with Gasteiger partial charge in [-0.05, 0) is 31.9 Å². The number of ether oxygens (including phenoxy) is 3. The summed E-state index contributed by atoms with van der Waals surface area (Å²) in [5.41, 5.74) is 1.01. The molecule has 9 heteroatoms. The van der Waals surface area contributed by atoms with Crippen LogP contribution >= 0.6 is 0 Å². The summed E-state index contributed by atoms with van der Waals surface area (Å²) < 4.78 is 15.6. The molecule has 0 aliphatic carbocycles. The zero-order valence-electron chi connectivity index (χ0n) is 19.1. The Balaban J connectivity index is 1.84. The molecule has 2 aromatic rings. The molecule has 0 heterocycles. The average Bonchev–Trinajstić information content (AvgIpc) is 2.78. The van der Waals surface area contributed by atoms with Gasteiger partial charge in [-0.25, -0.2) is 14.4 Å². The summed E-state index contributed by atoms with van der Waals surface area (Å²) in [6.45, 7) is 5.44. The molecule has 3 N–H and O–H groups in total. The molecule has 178 valence electrons. The number of hydrogen-bond donors (Lipinski definition) is 3. The van der Waals surface area contributed by atoms with Crippen molar-refractivity contribution in [3.63, 3.8) is 0 Å². The highest BCUT2D eigenvalue weighted by Gasteiger charge is 2.20. The van der Waals surface area contributed by atoms with Crippen molar-refractivity contribution in [2.24, 2.45) is 0 Å². The van der Waals surface area contributed by atoms with Gasteiger partial charge in [0.15, 0.2) is 0 Å². The Bertz CT molecular complexity index is 884. The molecule has 1 atom stereocenters. The van der Waals surface area contributed by atoms with Crippen molar-refractivity contribution in [2.75, 3.05) is 13.1 Å². The SMILES string of the molecule is CC(C)(C)OC(=O)NCC(CNC(=O)OCc1ccccc1)NC(=O)OCc1ccccc1. The lowest BCUT2D eigenvalue weighted by Crippen LogP contribution is -2.50. The minimum absolute atomic E-state index is 0.00383. The van der Waals surface area contributed by atoms with Gasteiger partial charge in [0.2, 0.25) is 0 Å². The molecule has 0 radical (unpaired) electrons. The first-order valence-electron chi connectivity index (χ1n) is 10.6. The van der Waals surface area contributed by atoms with Crippen LogP contribution in [0.2, 0.25) is 0 Å². The van der Waals surface area contributed by atoms with E-state index in [9.17, 15) is 14.4 Å². The monoisotopic (exact) mass is 457 g/mol. The van der Waals surface area contributed by atoms with Crippen LogP contribution in [-0.4, -0.2) is 43.0 Å². The van der Waals surface area contributed by atoms with Crippen molar-refractivity contribution in [3.05, 3.63) is 71.8 Å². The number of alkyl carbamates (subject to hydrolysis) is 3. The Morgan fingerprint density at radius 1 is 0.727 bits per heavy atom. The number of carbonyl (C=O) groups is 3. The molecule has 0 spiro atoms. The third-order valence-corrected chi connectivity index (χ3v) is 4.13. The molecule has 3 amide bonds. The van der Waals surface area contributed by atoms with E-state index < -0.39 is 29.9 Å². The minimum Gasteiger partial charge on any atom is -0.445 e. The molecule has 0 saturated heterocycles. The molecular formula is C24H31N3O6. The molecule has 2 rings (SSSR count). The van der Waals surface area contributed by atoms with Gasteiger partial charge < -0.3 is 30.2 Å². The number of rotatable bonds is 9. The standard InChI is InChI=1S/C24H31N3O6/c1-24(2,3)33-22(29)26-15-20(27-23(30)32-17-19-12-8-5-9-13-19)14-25-21(28)31-16-18-10-6-4-7-11-18/h4-13,20H,14-17H2,1-3H3,(H,25,28)(H,26,29)(H,27,30). The van der Waals surface area contributed by atoms with E-state index in [-0.39, 0.29) is 26.3 Å². The molecule has 0 bridgehead atoms. The van der Waals surface area contributed by atoms with Crippen LogP contribution in [0.4, 0.5) is 14.4 Å². The van der Waals surface area contributed by atoms with Crippen molar-refractivity contribution >= 4 is 18.3 Å². The van der Waals surface area contributed by atoms with Gasteiger partial charge in [-0.3, -0.25) is 0 Å². The van der Waals surface area contributed by atoms with E-state index in [1.807, 2.05) is 60.7 Å². The first kappa shape index (κ1) is 25.5. The van der Waals surface area contributed by atoms with E-state index in [4.69, 9.17) is 14.2 Å². The number of benzene rings is 2. The molecular weight excluding hydrogens is 426 g/mol. The summed E-state index contributed by atoms with van der Waals surface area (Å²) in [5.74, 6) is 0. The average molecular weight is 458 g/mol. The summed E-state index contributed by atoms with van der Waals surface area (Å²) in [6, 6.07) is 17.8. The Labute approximate surface area is 193 Å². The maximum absolute atomic E-state index is 12.2.